The van der Waals surface area contributed by atoms with E-state index in [9.17, 15) is 4.79 Å². The first-order valence-electron chi connectivity index (χ1n) is 7.47. The Hall–Kier alpha value is -0.780. The highest BCUT2D eigenvalue weighted by Crippen LogP contribution is 2.23. The fourth-order valence-electron chi connectivity index (χ4n) is 2.81. The van der Waals surface area contributed by atoms with Gasteiger partial charge in [-0.25, -0.2) is 0 Å². The highest BCUT2D eigenvalue weighted by molar-refractivity contribution is 9.10. The smallest absolute Gasteiger partial charge is 0.263 e. The predicted molar refractivity (Wildman–Crippen MR) is 94.5 cm³/mol. The number of ether oxygens (including phenoxy) is 1. The standard InChI is InChI=1S/C16H23BrN2O2.ClH/c1-11(18)15-8-3-4-9-19(15)16(20)12(2)21-14-7-5-6-13(17)10-14;/h5-7,10-12,15H,3-4,8-9,18H2,1-2H3;1H. The molecule has 124 valence electrons. The van der Waals surface area contributed by atoms with E-state index in [4.69, 9.17) is 10.5 Å². The van der Waals surface area contributed by atoms with E-state index >= 15 is 0 Å². The van der Waals surface area contributed by atoms with Crippen LogP contribution in [-0.2, 0) is 4.79 Å². The molecule has 3 atom stereocenters. The van der Waals surface area contributed by atoms with Gasteiger partial charge < -0.3 is 15.4 Å². The fourth-order valence-corrected chi connectivity index (χ4v) is 3.18. The van der Waals surface area contributed by atoms with Crippen LogP contribution >= 0.6 is 28.3 Å². The van der Waals surface area contributed by atoms with Crippen molar-refractivity contribution in [3.63, 3.8) is 0 Å². The number of amides is 1. The van der Waals surface area contributed by atoms with Gasteiger partial charge in [-0.2, -0.15) is 0 Å². The van der Waals surface area contributed by atoms with Gasteiger partial charge in [0.15, 0.2) is 6.10 Å². The molecule has 1 aliphatic heterocycles. The molecule has 0 aromatic heterocycles. The van der Waals surface area contributed by atoms with Crippen molar-refractivity contribution in [2.75, 3.05) is 6.54 Å². The van der Waals surface area contributed by atoms with Gasteiger partial charge in [0, 0.05) is 23.1 Å². The van der Waals surface area contributed by atoms with Crippen LogP contribution in [0.2, 0.25) is 0 Å². The third-order valence-electron chi connectivity index (χ3n) is 3.90. The second-order valence-corrected chi connectivity index (χ2v) is 6.59. The maximum atomic E-state index is 12.6. The molecule has 1 aromatic carbocycles. The molecular formula is C16H24BrClN2O2. The van der Waals surface area contributed by atoms with Crippen LogP contribution in [0.5, 0.6) is 5.75 Å². The molecular weight excluding hydrogens is 368 g/mol. The number of rotatable bonds is 4. The van der Waals surface area contributed by atoms with Gasteiger partial charge in [-0.3, -0.25) is 4.79 Å². The first-order chi connectivity index (χ1) is 9.99. The topological polar surface area (TPSA) is 55.6 Å². The van der Waals surface area contributed by atoms with Crippen LogP contribution < -0.4 is 10.5 Å². The van der Waals surface area contributed by atoms with Gasteiger partial charge in [-0.1, -0.05) is 22.0 Å². The molecule has 2 N–H and O–H groups in total. The van der Waals surface area contributed by atoms with Gasteiger partial charge in [0.05, 0.1) is 0 Å². The number of carbonyl (C=O) groups excluding carboxylic acids is 1. The van der Waals surface area contributed by atoms with E-state index in [-0.39, 0.29) is 30.4 Å². The van der Waals surface area contributed by atoms with Crippen molar-refractivity contribution in [3.05, 3.63) is 28.7 Å². The molecule has 1 aromatic rings. The molecule has 1 fully saturated rings. The second kappa shape index (κ2) is 8.75. The highest BCUT2D eigenvalue weighted by Gasteiger charge is 2.32. The van der Waals surface area contributed by atoms with Gasteiger partial charge >= 0.3 is 0 Å². The zero-order valence-corrected chi connectivity index (χ0v) is 15.4. The highest BCUT2D eigenvalue weighted by atomic mass is 79.9. The third-order valence-corrected chi connectivity index (χ3v) is 4.39. The lowest BCUT2D eigenvalue weighted by molar-refractivity contribution is -0.142. The largest absolute Gasteiger partial charge is 0.481 e. The minimum Gasteiger partial charge on any atom is -0.481 e. The number of nitrogens with zero attached hydrogens (tertiary/aromatic N) is 1. The Bertz CT molecular complexity index is 499. The SMILES string of the molecule is CC(Oc1cccc(Br)c1)C(=O)N1CCCCC1C(C)N.Cl. The molecule has 1 amide bonds. The molecule has 1 saturated heterocycles. The molecule has 3 unspecified atom stereocenters. The summed E-state index contributed by atoms with van der Waals surface area (Å²) < 4.78 is 6.71. The van der Waals surface area contributed by atoms with Gasteiger partial charge in [-0.15, -0.1) is 12.4 Å². The summed E-state index contributed by atoms with van der Waals surface area (Å²) >= 11 is 3.40. The van der Waals surface area contributed by atoms with Crippen LogP contribution in [0.4, 0.5) is 0 Å². The molecule has 22 heavy (non-hydrogen) atoms. The number of likely N-dealkylation sites (tertiary alicyclic amines) is 1. The van der Waals surface area contributed by atoms with E-state index in [2.05, 4.69) is 15.9 Å². The van der Waals surface area contributed by atoms with Crippen LogP contribution in [0.3, 0.4) is 0 Å². The van der Waals surface area contributed by atoms with Crippen LogP contribution in [0.15, 0.2) is 28.7 Å². The monoisotopic (exact) mass is 390 g/mol. The maximum absolute atomic E-state index is 12.6. The van der Waals surface area contributed by atoms with Crippen LogP contribution in [0.1, 0.15) is 33.1 Å². The number of nitrogens with two attached hydrogens (primary N) is 1. The molecule has 6 heteroatoms. The number of hydrogen-bond donors (Lipinski definition) is 1. The third kappa shape index (κ3) is 4.86. The van der Waals surface area contributed by atoms with Crippen molar-refractivity contribution < 1.29 is 9.53 Å². The van der Waals surface area contributed by atoms with Crippen molar-refractivity contribution in [1.29, 1.82) is 0 Å². The van der Waals surface area contributed by atoms with Crippen LogP contribution in [0, 0.1) is 0 Å². The summed E-state index contributed by atoms with van der Waals surface area (Å²) in [4.78, 5) is 14.5. The molecule has 1 aliphatic rings. The number of halogens is 2. The van der Waals surface area contributed by atoms with Gasteiger partial charge in [0.25, 0.3) is 5.91 Å². The van der Waals surface area contributed by atoms with E-state index in [1.54, 1.807) is 6.92 Å². The number of carbonyl (C=O) groups is 1. The van der Waals surface area contributed by atoms with E-state index in [1.165, 1.54) is 0 Å². The van der Waals surface area contributed by atoms with Crippen molar-refractivity contribution in [1.82, 2.24) is 4.90 Å². The maximum Gasteiger partial charge on any atom is 0.263 e. The minimum absolute atomic E-state index is 0. The van der Waals surface area contributed by atoms with Gasteiger partial charge in [0.2, 0.25) is 0 Å². The van der Waals surface area contributed by atoms with Crippen molar-refractivity contribution >= 4 is 34.2 Å². The molecule has 0 saturated carbocycles. The normalized spacial score (nSPS) is 20.7. The van der Waals surface area contributed by atoms with Crippen molar-refractivity contribution in [3.8, 4) is 5.75 Å². The molecule has 4 nitrogen and oxygen atoms in total. The molecule has 0 bridgehead atoms. The molecule has 0 aliphatic carbocycles. The summed E-state index contributed by atoms with van der Waals surface area (Å²) in [5.74, 6) is 0.719. The molecule has 0 spiro atoms. The second-order valence-electron chi connectivity index (χ2n) is 5.67. The lowest BCUT2D eigenvalue weighted by Crippen LogP contribution is -2.54. The fraction of sp³-hybridized carbons (Fsp3) is 0.562. The number of piperidine rings is 1. The minimum atomic E-state index is -0.501. The molecule has 1 heterocycles. The van der Waals surface area contributed by atoms with Gasteiger partial charge in [-0.05, 0) is 51.3 Å². The first-order valence-corrected chi connectivity index (χ1v) is 8.26. The zero-order valence-electron chi connectivity index (χ0n) is 13.0. The predicted octanol–water partition coefficient (Wildman–Crippen LogP) is 3.37. The quantitative estimate of drug-likeness (QED) is 0.856. The summed E-state index contributed by atoms with van der Waals surface area (Å²) in [6.45, 7) is 4.55. The van der Waals surface area contributed by atoms with E-state index in [0.29, 0.717) is 5.75 Å². The lowest BCUT2D eigenvalue weighted by atomic mass is 9.96. The van der Waals surface area contributed by atoms with Crippen LogP contribution in [0.25, 0.3) is 0 Å². The van der Waals surface area contributed by atoms with E-state index in [1.807, 2.05) is 36.1 Å². The van der Waals surface area contributed by atoms with Gasteiger partial charge in [0.1, 0.15) is 5.75 Å². The molecule has 0 radical (unpaired) electrons. The summed E-state index contributed by atoms with van der Waals surface area (Å²) in [7, 11) is 0. The zero-order chi connectivity index (χ0) is 15.4. The lowest BCUT2D eigenvalue weighted by Gasteiger charge is -2.39. The van der Waals surface area contributed by atoms with Crippen molar-refractivity contribution in [2.24, 2.45) is 5.73 Å². The van der Waals surface area contributed by atoms with Crippen LogP contribution in [-0.4, -0.2) is 35.5 Å². The van der Waals surface area contributed by atoms with E-state index < -0.39 is 6.10 Å². The Morgan fingerprint density at radius 3 is 2.77 bits per heavy atom. The first kappa shape index (κ1) is 19.3. The average molecular weight is 392 g/mol. The number of hydrogen-bond acceptors (Lipinski definition) is 3. The molecule has 2 rings (SSSR count). The van der Waals surface area contributed by atoms with Crippen molar-refractivity contribution in [2.45, 2.75) is 51.3 Å². The Morgan fingerprint density at radius 1 is 1.41 bits per heavy atom. The Morgan fingerprint density at radius 2 is 2.14 bits per heavy atom. The Labute approximate surface area is 146 Å². The Kier molecular flexibility index (Phi) is 7.66. The van der Waals surface area contributed by atoms with E-state index in [0.717, 1.165) is 30.3 Å². The summed E-state index contributed by atoms with van der Waals surface area (Å²) in [5.41, 5.74) is 6.03. The Balaban J connectivity index is 0.00000242. The average Bonchev–Trinajstić information content (AvgIpc) is 2.46. The number of benzene rings is 1. The summed E-state index contributed by atoms with van der Waals surface area (Å²) in [6, 6.07) is 7.65. The summed E-state index contributed by atoms with van der Waals surface area (Å²) in [5, 5.41) is 0. The summed E-state index contributed by atoms with van der Waals surface area (Å²) in [6.07, 6.45) is 2.65.